The minimum absolute atomic E-state index is 0.0757. The van der Waals surface area contributed by atoms with Crippen LogP contribution in [0.25, 0.3) is 91.9 Å². The molecule has 0 saturated carbocycles. The quantitative estimate of drug-likeness (QED) is 0.181. The first-order valence-electron chi connectivity index (χ1n) is 21.0. The van der Waals surface area contributed by atoms with Crippen LogP contribution in [0, 0.1) is 0 Å². The van der Waals surface area contributed by atoms with Crippen LogP contribution in [-0.2, 0) is 10.8 Å². The Labute approximate surface area is 353 Å². The lowest BCUT2D eigenvalue weighted by Gasteiger charge is -2.26. The number of hydrogen-bond acceptors (Lipinski definition) is 3. The van der Waals surface area contributed by atoms with Crippen molar-refractivity contribution in [3.63, 3.8) is 0 Å². The van der Waals surface area contributed by atoms with E-state index >= 15 is 0 Å². The molecule has 1 aliphatic carbocycles. The zero-order chi connectivity index (χ0) is 40.2. The fourth-order valence-corrected chi connectivity index (χ4v) is 11.6. The van der Waals surface area contributed by atoms with Gasteiger partial charge in [-0.2, -0.15) is 0 Å². The standard InChI is InChI=1S/C55H40BN2OS/c1-54(2,3)30-18-20-31(21-19-30)57-45-27-43-37(32-12-6-9-15-42(32)55(43,4)5)24-38(45)35-22-23-36-39-25-41-34-14-8-11-17-50(34)60-51(41)29-46(39)58-47-28-49-40(26-44(47)56-52(35)53(36)58)33-13-7-10-16-48(33)59-49/h6-29,57H,1-5H3. The summed E-state index contributed by atoms with van der Waals surface area (Å²) in [7, 11) is 2.44. The summed E-state index contributed by atoms with van der Waals surface area (Å²) in [6.45, 7) is 11.6. The van der Waals surface area contributed by atoms with Gasteiger partial charge in [0.15, 0.2) is 7.28 Å². The Morgan fingerprint density at radius 3 is 2.22 bits per heavy atom. The van der Waals surface area contributed by atoms with E-state index in [2.05, 4.69) is 197 Å². The van der Waals surface area contributed by atoms with Gasteiger partial charge in [-0.3, -0.25) is 0 Å². The smallest absolute Gasteiger partial charge is 0.197 e. The third-order valence-electron chi connectivity index (χ3n) is 13.6. The number of thiophene rings is 1. The number of nitrogens with zero attached hydrogens (tertiary/aromatic N) is 1. The van der Waals surface area contributed by atoms with Crippen LogP contribution in [0.2, 0.25) is 0 Å². The van der Waals surface area contributed by atoms with E-state index in [4.69, 9.17) is 4.42 Å². The highest BCUT2D eigenvalue weighted by atomic mass is 32.1. The van der Waals surface area contributed by atoms with Gasteiger partial charge in [0, 0.05) is 81.3 Å². The summed E-state index contributed by atoms with van der Waals surface area (Å²) < 4.78 is 11.7. The van der Waals surface area contributed by atoms with Gasteiger partial charge >= 0.3 is 0 Å². The highest BCUT2D eigenvalue weighted by Gasteiger charge is 2.37. The molecule has 2 aliphatic rings. The van der Waals surface area contributed by atoms with Crippen LogP contribution in [0.5, 0.6) is 0 Å². The second-order valence-corrected chi connectivity index (χ2v) is 19.5. The Morgan fingerprint density at radius 1 is 0.583 bits per heavy atom. The molecule has 1 N–H and O–H groups in total. The fourth-order valence-electron chi connectivity index (χ4n) is 10.5. The summed E-state index contributed by atoms with van der Waals surface area (Å²) in [6, 6.07) is 54.3. The molecule has 11 aromatic rings. The maximum absolute atomic E-state index is 6.55. The minimum atomic E-state index is -0.136. The lowest BCUT2D eigenvalue weighted by atomic mass is 9.59. The molecule has 0 unspecified atom stereocenters. The molecule has 1 aliphatic heterocycles. The molecule has 285 valence electrons. The molecule has 3 nitrogen and oxygen atoms in total. The van der Waals surface area contributed by atoms with Crippen LogP contribution in [0.1, 0.15) is 51.3 Å². The van der Waals surface area contributed by atoms with Gasteiger partial charge in [0.05, 0.1) is 5.52 Å². The number of benzene rings is 8. The van der Waals surface area contributed by atoms with Crippen LogP contribution in [0.4, 0.5) is 11.4 Å². The monoisotopic (exact) mass is 787 g/mol. The molecule has 0 saturated heterocycles. The van der Waals surface area contributed by atoms with E-state index in [9.17, 15) is 0 Å². The van der Waals surface area contributed by atoms with Gasteiger partial charge in [-0.15, -0.1) is 11.3 Å². The highest BCUT2D eigenvalue weighted by Crippen LogP contribution is 2.52. The van der Waals surface area contributed by atoms with Crippen molar-refractivity contribution >= 4 is 105 Å². The summed E-state index contributed by atoms with van der Waals surface area (Å²) in [5.41, 5.74) is 19.0. The average Bonchev–Trinajstić information content (AvgIpc) is 3.96. The third kappa shape index (κ3) is 4.67. The predicted octanol–water partition coefficient (Wildman–Crippen LogP) is 14.0. The first-order chi connectivity index (χ1) is 29.1. The largest absolute Gasteiger partial charge is 0.456 e. The predicted molar refractivity (Wildman–Crippen MR) is 257 cm³/mol. The van der Waals surface area contributed by atoms with E-state index in [1.165, 1.54) is 91.8 Å². The van der Waals surface area contributed by atoms with Crippen molar-refractivity contribution in [1.29, 1.82) is 0 Å². The maximum atomic E-state index is 6.55. The zero-order valence-electron chi connectivity index (χ0n) is 34.2. The number of aromatic nitrogens is 1. The zero-order valence-corrected chi connectivity index (χ0v) is 35.0. The van der Waals surface area contributed by atoms with Gasteiger partial charge in [-0.25, -0.2) is 0 Å². The lowest BCUT2D eigenvalue weighted by Crippen LogP contribution is -2.37. The van der Waals surface area contributed by atoms with Crippen molar-refractivity contribution in [1.82, 2.24) is 4.57 Å². The molecule has 0 spiro atoms. The van der Waals surface area contributed by atoms with E-state index in [0.29, 0.717) is 0 Å². The normalized spacial score (nSPS) is 14.0. The van der Waals surface area contributed by atoms with Gasteiger partial charge < -0.3 is 14.3 Å². The molecule has 13 rings (SSSR count). The highest BCUT2D eigenvalue weighted by molar-refractivity contribution is 7.25. The molecule has 0 fully saturated rings. The summed E-state index contributed by atoms with van der Waals surface area (Å²) in [5.74, 6) is 0. The number of fused-ring (bicyclic) bond motifs is 14. The third-order valence-corrected chi connectivity index (χ3v) is 14.7. The van der Waals surface area contributed by atoms with Crippen LogP contribution in [0.15, 0.2) is 150 Å². The maximum Gasteiger partial charge on any atom is 0.197 e. The number of nitrogens with one attached hydrogen (secondary N) is 1. The summed E-state index contributed by atoms with van der Waals surface area (Å²) in [5, 5.41) is 11.4. The Kier molecular flexibility index (Phi) is 6.75. The average molecular weight is 788 g/mol. The molecule has 0 bridgehead atoms. The molecule has 8 aromatic carbocycles. The fraction of sp³-hybridized carbons (Fsp3) is 0.127. The lowest BCUT2D eigenvalue weighted by molar-refractivity contribution is 0.590. The van der Waals surface area contributed by atoms with Crippen molar-refractivity contribution in [2.45, 2.75) is 45.4 Å². The number of para-hydroxylation sites is 1. The number of furan rings is 1. The minimum Gasteiger partial charge on any atom is -0.456 e. The number of hydrogen-bond donors (Lipinski definition) is 1. The SMILES string of the molecule is CC(C)(C)c1ccc(Nc2cc3c(cc2-c2ccc4c5cc6c(cc5n5c4c2[B]c2cc4c(cc2-5)oc2ccccc24)sc2ccccc26)-c2ccccc2C3(C)C)cc1. The molecule has 60 heavy (non-hydrogen) atoms. The van der Waals surface area contributed by atoms with Crippen LogP contribution >= 0.6 is 11.3 Å². The van der Waals surface area contributed by atoms with Gasteiger partial charge in [-0.05, 0) is 92.8 Å². The first-order valence-corrected chi connectivity index (χ1v) is 21.8. The number of rotatable bonds is 3. The Bertz CT molecular complexity index is 3670. The van der Waals surface area contributed by atoms with Crippen LogP contribution in [-0.4, -0.2) is 11.8 Å². The molecule has 5 heteroatoms. The molecular formula is C55H40BN2OS. The van der Waals surface area contributed by atoms with Crippen molar-refractivity contribution in [2.24, 2.45) is 0 Å². The Hall–Kier alpha value is -6.56. The van der Waals surface area contributed by atoms with Gasteiger partial charge in [-0.1, -0.05) is 131 Å². The van der Waals surface area contributed by atoms with Gasteiger partial charge in [0.25, 0.3) is 0 Å². The number of anilines is 2. The van der Waals surface area contributed by atoms with E-state index in [-0.39, 0.29) is 10.8 Å². The first kappa shape index (κ1) is 34.3. The van der Waals surface area contributed by atoms with Crippen LogP contribution < -0.4 is 16.2 Å². The van der Waals surface area contributed by atoms with Crippen molar-refractivity contribution in [2.75, 3.05) is 5.32 Å². The summed E-state index contributed by atoms with van der Waals surface area (Å²) in [4.78, 5) is 0. The second kappa shape index (κ2) is 11.8. The summed E-state index contributed by atoms with van der Waals surface area (Å²) in [6.07, 6.45) is 0. The van der Waals surface area contributed by atoms with E-state index in [0.717, 1.165) is 39.0 Å². The Morgan fingerprint density at radius 2 is 1.37 bits per heavy atom. The molecule has 1 radical (unpaired) electrons. The van der Waals surface area contributed by atoms with Gasteiger partial charge in [0.2, 0.25) is 0 Å². The summed E-state index contributed by atoms with van der Waals surface area (Å²) >= 11 is 1.88. The van der Waals surface area contributed by atoms with E-state index in [1.54, 1.807) is 0 Å². The van der Waals surface area contributed by atoms with Gasteiger partial charge in [0.1, 0.15) is 11.2 Å². The molecule has 4 heterocycles. The van der Waals surface area contributed by atoms with Crippen molar-refractivity contribution in [3.8, 4) is 27.9 Å². The van der Waals surface area contributed by atoms with E-state index in [1.807, 2.05) is 11.3 Å². The molecule has 0 amide bonds. The molecule has 0 atom stereocenters. The molecular weight excluding hydrogens is 747 g/mol. The van der Waals surface area contributed by atoms with Crippen LogP contribution in [0.3, 0.4) is 0 Å². The Balaban J connectivity index is 1.11. The topological polar surface area (TPSA) is 30.1 Å². The van der Waals surface area contributed by atoms with Crippen molar-refractivity contribution < 1.29 is 4.42 Å². The molecule has 3 aromatic heterocycles. The van der Waals surface area contributed by atoms with Crippen molar-refractivity contribution in [3.05, 3.63) is 162 Å². The van der Waals surface area contributed by atoms with E-state index < -0.39 is 0 Å². The second-order valence-electron chi connectivity index (χ2n) is 18.4.